The Bertz CT molecular complexity index is 704. The Morgan fingerprint density at radius 2 is 2.08 bits per heavy atom. The maximum absolute atomic E-state index is 12.5. The molecule has 2 amide bonds. The van der Waals surface area contributed by atoms with Crippen molar-refractivity contribution in [2.45, 2.75) is 39.2 Å². The summed E-state index contributed by atoms with van der Waals surface area (Å²) in [4.78, 5) is 22.9. The molecule has 1 aliphatic heterocycles. The lowest BCUT2D eigenvalue weighted by Gasteiger charge is -2.38. The van der Waals surface area contributed by atoms with E-state index in [9.17, 15) is 4.79 Å². The first-order valence-electron chi connectivity index (χ1n) is 9.03. The lowest BCUT2D eigenvalue weighted by Crippen LogP contribution is -2.47. The van der Waals surface area contributed by atoms with Crippen LogP contribution in [0, 0.1) is 12.8 Å². The lowest BCUT2D eigenvalue weighted by atomic mass is 9.79. The van der Waals surface area contributed by atoms with Crippen molar-refractivity contribution in [3.8, 4) is 0 Å². The van der Waals surface area contributed by atoms with Crippen molar-refractivity contribution in [2.24, 2.45) is 5.92 Å². The van der Waals surface area contributed by atoms with Gasteiger partial charge in [0.15, 0.2) is 0 Å². The molecule has 132 valence electrons. The van der Waals surface area contributed by atoms with E-state index in [0.29, 0.717) is 18.4 Å². The molecule has 2 heterocycles. The maximum Gasteiger partial charge on any atom is 0.317 e. The number of hydrogen-bond acceptors (Lipinski definition) is 3. The smallest absolute Gasteiger partial charge is 0.317 e. The quantitative estimate of drug-likeness (QED) is 0.928. The molecule has 1 aliphatic rings. The Kier molecular flexibility index (Phi) is 5.64. The Balaban J connectivity index is 1.58. The van der Waals surface area contributed by atoms with Crippen molar-refractivity contribution in [2.75, 3.05) is 13.1 Å². The molecule has 0 radical (unpaired) electrons. The van der Waals surface area contributed by atoms with Gasteiger partial charge in [0.1, 0.15) is 5.82 Å². The van der Waals surface area contributed by atoms with Crippen molar-refractivity contribution in [1.29, 1.82) is 0 Å². The molecule has 0 saturated carbocycles. The summed E-state index contributed by atoms with van der Waals surface area (Å²) >= 11 is 0. The van der Waals surface area contributed by atoms with E-state index in [1.807, 2.05) is 17.9 Å². The summed E-state index contributed by atoms with van der Waals surface area (Å²) in [5.41, 5.74) is 2.23. The van der Waals surface area contributed by atoms with E-state index in [0.717, 1.165) is 37.4 Å². The van der Waals surface area contributed by atoms with Gasteiger partial charge in [-0.25, -0.2) is 14.8 Å². The summed E-state index contributed by atoms with van der Waals surface area (Å²) in [6.45, 7) is 6.12. The molecule has 2 aromatic rings. The van der Waals surface area contributed by atoms with Crippen LogP contribution in [-0.2, 0) is 6.54 Å². The van der Waals surface area contributed by atoms with Gasteiger partial charge in [0, 0.05) is 19.3 Å². The maximum atomic E-state index is 12.5. The van der Waals surface area contributed by atoms with E-state index in [-0.39, 0.29) is 6.03 Å². The number of piperidine rings is 1. The van der Waals surface area contributed by atoms with Crippen LogP contribution in [0.4, 0.5) is 4.79 Å². The van der Waals surface area contributed by atoms with Crippen molar-refractivity contribution < 1.29 is 4.79 Å². The molecule has 3 rings (SSSR count). The summed E-state index contributed by atoms with van der Waals surface area (Å²) in [5.74, 6) is 1.77. The molecule has 1 N–H and O–H groups in total. The summed E-state index contributed by atoms with van der Waals surface area (Å²) in [6, 6.07) is 12.5. The fourth-order valence-corrected chi connectivity index (χ4v) is 3.65. The van der Waals surface area contributed by atoms with Gasteiger partial charge in [-0.2, -0.15) is 0 Å². The predicted molar refractivity (Wildman–Crippen MR) is 98.2 cm³/mol. The Hall–Kier alpha value is -2.43. The van der Waals surface area contributed by atoms with Gasteiger partial charge >= 0.3 is 6.03 Å². The number of likely N-dealkylation sites (tertiary alicyclic amines) is 1. The van der Waals surface area contributed by atoms with Gasteiger partial charge in [-0.05, 0) is 36.8 Å². The third-order valence-corrected chi connectivity index (χ3v) is 5.03. The molecule has 0 bridgehead atoms. The van der Waals surface area contributed by atoms with Gasteiger partial charge in [-0.15, -0.1) is 0 Å². The average Bonchev–Trinajstić information content (AvgIpc) is 2.66. The van der Waals surface area contributed by atoms with E-state index in [4.69, 9.17) is 0 Å². The summed E-state index contributed by atoms with van der Waals surface area (Å²) in [7, 11) is 0. The molecular weight excluding hydrogens is 312 g/mol. The second kappa shape index (κ2) is 8.10. The highest BCUT2D eigenvalue weighted by atomic mass is 16.2. The van der Waals surface area contributed by atoms with Crippen molar-refractivity contribution in [3.63, 3.8) is 0 Å². The summed E-state index contributed by atoms with van der Waals surface area (Å²) in [6.07, 6.45) is 3.82. The fraction of sp³-hybridized carbons (Fsp3) is 0.450. The van der Waals surface area contributed by atoms with E-state index in [1.54, 1.807) is 6.20 Å². The summed E-state index contributed by atoms with van der Waals surface area (Å²) in [5, 5.41) is 2.99. The van der Waals surface area contributed by atoms with Gasteiger partial charge < -0.3 is 10.2 Å². The number of amides is 2. The first-order valence-corrected chi connectivity index (χ1v) is 9.03. The second-order valence-electron chi connectivity index (χ2n) is 6.67. The standard InChI is InChI=1S/C20H26N4O/c1-3-16-14-24(12-10-19(16)17-7-5-4-6-8-17)20(25)22-13-18-9-11-21-15(2)23-18/h4-9,11,16,19H,3,10,12-14H2,1-2H3,(H,22,25)/t16-,19-/m0/s1. The van der Waals surface area contributed by atoms with Crippen molar-refractivity contribution >= 4 is 6.03 Å². The summed E-state index contributed by atoms with van der Waals surface area (Å²) < 4.78 is 0. The molecule has 0 spiro atoms. The number of rotatable bonds is 4. The highest BCUT2D eigenvalue weighted by molar-refractivity contribution is 5.74. The molecule has 1 aromatic carbocycles. The van der Waals surface area contributed by atoms with E-state index in [1.165, 1.54) is 5.56 Å². The number of benzene rings is 1. The minimum Gasteiger partial charge on any atom is -0.332 e. The van der Waals surface area contributed by atoms with Crippen LogP contribution >= 0.6 is 0 Å². The van der Waals surface area contributed by atoms with Gasteiger partial charge in [0.05, 0.1) is 12.2 Å². The molecule has 1 saturated heterocycles. The Labute approximate surface area is 149 Å². The highest BCUT2D eigenvalue weighted by Gasteiger charge is 2.31. The Morgan fingerprint density at radius 1 is 1.28 bits per heavy atom. The number of aromatic nitrogens is 2. The number of aryl methyl sites for hydroxylation is 1. The zero-order chi connectivity index (χ0) is 17.6. The normalized spacial score (nSPS) is 20.3. The zero-order valence-corrected chi connectivity index (χ0v) is 15.0. The van der Waals surface area contributed by atoms with Gasteiger partial charge in [-0.3, -0.25) is 0 Å². The van der Waals surface area contributed by atoms with Crippen LogP contribution in [0.5, 0.6) is 0 Å². The second-order valence-corrected chi connectivity index (χ2v) is 6.67. The molecule has 5 heteroatoms. The predicted octanol–water partition coefficient (Wildman–Crippen LogP) is 3.51. The van der Waals surface area contributed by atoms with Crippen LogP contribution in [0.2, 0.25) is 0 Å². The Morgan fingerprint density at radius 3 is 2.80 bits per heavy atom. The largest absolute Gasteiger partial charge is 0.332 e. The monoisotopic (exact) mass is 338 g/mol. The first-order chi connectivity index (χ1) is 12.2. The van der Waals surface area contributed by atoms with E-state index in [2.05, 4.69) is 52.5 Å². The minimum atomic E-state index is 0.00114. The number of urea groups is 1. The number of carbonyl (C=O) groups excluding carboxylic acids is 1. The van der Waals surface area contributed by atoms with Gasteiger partial charge in [-0.1, -0.05) is 43.7 Å². The van der Waals surface area contributed by atoms with Crippen LogP contribution in [0.3, 0.4) is 0 Å². The van der Waals surface area contributed by atoms with Crippen LogP contribution < -0.4 is 5.32 Å². The third kappa shape index (κ3) is 4.35. The van der Waals surface area contributed by atoms with Crippen molar-refractivity contribution in [1.82, 2.24) is 20.2 Å². The zero-order valence-electron chi connectivity index (χ0n) is 15.0. The van der Waals surface area contributed by atoms with E-state index < -0.39 is 0 Å². The first kappa shape index (κ1) is 17.4. The molecule has 1 fully saturated rings. The average molecular weight is 338 g/mol. The van der Waals surface area contributed by atoms with Crippen LogP contribution in [-0.4, -0.2) is 34.0 Å². The SMILES string of the molecule is CC[C@H]1CN(C(=O)NCc2ccnc(C)n2)CC[C@@H]1c1ccccc1. The molecule has 0 aliphatic carbocycles. The molecule has 25 heavy (non-hydrogen) atoms. The number of nitrogens with one attached hydrogen (secondary N) is 1. The third-order valence-electron chi connectivity index (χ3n) is 5.03. The van der Waals surface area contributed by atoms with Gasteiger partial charge in [0.25, 0.3) is 0 Å². The van der Waals surface area contributed by atoms with Crippen molar-refractivity contribution in [3.05, 3.63) is 59.7 Å². The molecule has 5 nitrogen and oxygen atoms in total. The fourth-order valence-electron chi connectivity index (χ4n) is 3.65. The number of carbonyl (C=O) groups is 1. The molecule has 1 aromatic heterocycles. The topological polar surface area (TPSA) is 58.1 Å². The van der Waals surface area contributed by atoms with E-state index >= 15 is 0 Å². The van der Waals surface area contributed by atoms with Gasteiger partial charge in [0.2, 0.25) is 0 Å². The number of nitrogens with zero attached hydrogens (tertiary/aromatic N) is 3. The number of hydrogen-bond donors (Lipinski definition) is 1. The minimum absolute atomic E-state index is 0.00114. The molecule has 2 atom stereocenters. The lowest BCUT2D eigenvalue weighted by molar-refractivity contribution is 0.151. The van der Waals surface area contributed by atoms with Crippen LogP contribution in [0.25, 0.3) is 0 Å². The molecular formula is C20H26N4O. The van der Waals surface area contributed by atoms with Crippen LogP contribution in [0.1, 0.15) is 42.8 Å². The molecule has 0 unspecified atom stereocenters. The highest BCUT2D eigenvalue weighted by Crippen LogP contribution is 2.34. The van der Waals surface area contributed by atoms with Crippen LogP contribution in [0.15, 0.2) is 42.6 Å².